The van der Waals surface area contributed by atoms with Crippen LogP contribution in [-0.4, -0.2) is 6.17 Å². The summed E-state index contributed by atoms with van der Waals surface area (Å²) in [5.41, 5.74) is 1.04. The van der Waals surface area contributed by atoms with Crippen molar-refractivity contribution in [3.63, 3.8) is 0 Å². The minimum Gasteiger partial charge on any atom is -0.247 e. The van der Waals surface area contributed by atoms with E-state index >= 15 is 0 Å². The Hall–Kier alpha value is -0.590. The highest BCUT2D eigenvalue weighted by Crippen LogP contribution is 2.06. The van der Waals surface area contributed by atoms with Crippen molar-refractivity contribution in [2.45, 2.75) is 26.4 Å². The minimum absolute atomic E-state index is 0.520. The molecule has 0 spiro atoms. The van der Waals surface area contributed by atoms with Gasteiger partial charge in [0.2, 0.25) is 0 Å². The molecule has 0 fully saturated rings. The van der Waals surface area contributed by atoms with Gasteiger partial charge in [-0.3, -0.25) is 0 Å². The van der Waals surface area contributed by atoms with E-state index in [1.807, 2.05) is 13.0 Å². The Labute approximate surface area is 56.1 Å². The van der Waals surface area contributed by atoms with Gasteiger partial charge in [-0.2, -0.15) is 0 Å². The molecule has 1 atom stereocenters. The SMILES string of the molecule is C=C/C=C(/C)CC(C)F. The molecule has 0 saturated carbocycles. The fourth-order valence-electron chi connectivity index (χ4n) is 0.713. The van der Waals surface area contributed by atoms with Gasteiger partial charge in [0.15, 0.2) is 0 Å². The van der Waals surface area contributed by atoms with Crippen LogP contribution < -0.4 is 0 Å². The first-order valence-corrected chi connectivity index (χ1v) is 3.09. The van der Waals surface area contributed by atoms with Crippen molar-refractivity contribution in [3.05, 3.63) is 24.3 Å². The van der Waals surface area contributed by atoms with Gasteiger partial charge >= 0.3 is 0 Å². The normalized spacial score (nSPS) is 15.2. The van der Waals surface area contributed by atoms with Crippen molar-refractivity contribution in [2.24, 2.45) is 0 Å². The highest BCUT2D eigenvalue weighted by molar-refractivity contribution is 5.08. The molecule has 1 unspecified atom stereocenters. The van der Waals surface area contributed by atoms with Gasteiger partial charge < -0.3 is 0 Å². The Bertz CT molecular complexity index is 112. The molecule has 0 aliphatic rings. The second-order valence-corrected chi connectivity index (χ2v) is 2.23. The first kappa shape index (κ1) is 8.41. The summed E-state index contributed by atoms with van der Waals surface area (Å²) in [6, 6.07) is 0. The minimum atomic E-state index is -0.735. The third-order valence-corrected chi connectivity index (χ3v) is 1.01. The average molecular weight is 128 g/mol. The van der Waals surface area contributed by atoms with E-state index in [1.54, 1.807) is 13.0 Å². The van der Waals surface area contributed by atoms with E-state index in [0.717, 1.165) is 5.57 Å². The Morgan fingerprint density at radius 1 is 1.78 bits per heavy atom. The summed E-state index contributed by atoms with van der Waals surface area (Å²) in [7, 11) is 0. The number of alkyl halides is 1. The molecule has 0 rings (SSSR count). The van der Waals surface area contributed by atoms with Crippen LogP contribution in [-0.2, 0) is 0 Å². The van der Waals surface area contributed by atoms with Crippen LogP contribution in [0.1, 0.15) is 20.3 Å². The number of rotatable bonds is 3. The van der Waals surface area contributed by atoms with Crippen LogP contribution in [0.15, 0.2) is 24.3 Å². The topological polar surface area (TPSA) is 0 Å². The fourth-order valence-corrected chi connectivity index (χ4v) is 0.713. The molecule has 0 aliphatic carbocycles. The van der Waals surface area contributed by atoms with Gasteiger partial charge in [0.1, 0.15) is 6.17 Å². The van der Waals surface area contributed by atoms with Gasteiger partial charge in [-0.25, -0.2) is 4.39 Å². The number of halogens is 1. The van der Waals surface area contributed by atoms with E-state index in [1.165, 1.54) is 0 Å². The van der Waals surface area contributed by atoms with Crippen molar-refractivity contribution in [1.82, 2.24) is 0 Å². The smallest absolute Gasteiger partial charge is 0.101 e. The highest BCUT2D eigenvalue weighted by Gasteiger charge is 1.96. The Kier molecular flexibility index (Phi) is 4.02. The van der Waals surface area contributed by atoms with Crippen molar-refractivity contribution in [3.8, 4) is 0 Å². The van der Waals surface area contributed by atoms with Gasteiger partial charge in [-0.05, 0) is 20.3 Å². The van der Waals surface area contributed by atoms with Gasteiger partial charge in [0.25, 0.3) is 0 Å². The van der Waals surface area contributed by atoms with E-state index in [4.69, 9.17) is 0 Å². The standard InChI is InChI=1S/C8H13F/c1-4-5-7(2)6-8(3)9/h4-5,8H,1,6H2,2-3H3/b7-5-. The summed E-state index contributed by atoms with van der Waals surface area (Å²) in [5, 5.41) is 0. The van der Waals surface area contributed by atoms with Gasteiger partial charge in [0, 0.05) is 0 Å². The summed E-state index contributed by atoms with van der Waals surface area (Å²) < 4.78 is 12.2. The largest absolute Gasteiger partial charge is 0.247 e. The maximum Gasteiger partial charge on any atom is 0.101 e. The molecular formula is C8H13F. The molecule has 0 bridgehead atoms. The molecule has 0 N–H and O–H groups in total. The molecule has 0 amide bonds. The first-order valence-electron chi connectivity index (χ1n) is 3.09. The number of hydrogen-bond acceptors (Lipinski definition) is 0. The Balaban J connectivity index is 3.61. The fraction of sp³-hybridized carbons (Fsp3) is 0.500. The van der Waals surface area contributed by atoms with Crippen molar-refractivity contribution >= 4 is 0 Å². The van der Waals surface area contributed by atoms with Crippen LogP contribution in [0.2, 0.25) is 0 Å². The Morgan fingerprint density at radius 3 is 2.67 bits per heavy atom. The quantitative estimate of drug-likeness (QED) is 0.513. The zero-order chi connectivity index (χ0) is 7.28. The predicted molar refractivity (Wildman–Crippen MR) is 39.1 cm³/mol. The third-order valence-electron chi connectivity index (χ3n) is 1.01. The molecule has 0 heterocycles. The van der Waals surface area contributed by atoms with Crippen LogP contribution >= 0.6 is 0 Å². The number of allylic oxidation sites excluding steroid dienone is 3. The number of hydrogen-bond donors (Lipinski definition) is 0. The lowest BCUT2D eigenvalue weighted by Crippen LogP contribution is -1.91. The molecule has 9 heavy (non-hydrogen) atoms. The van der Waals surface area contributed by atoms with Crippen molar-refractivity contribution in [1.29, 1.82) is 0 Å². The second-order valence-electron chi connectivity index (χ2n) is 2.23. The lowest BCUT2D eigenvalue weighted by molar-refractivity contribution is 0.359. The molecule has 0 aliphatic heterocycles. The Morgan fingerprint density at radius 2 is 2.33 bits per heavy atom. The second kappa shape index (κ2) is 4.30. The van der Waals surface area contributed by atoms with E-state index in [9.17, 15) is 4.39 Å². The molecule has 0 aromatic carbocycles. The molecule has 0 saturated heterocycles. The van der Waals surface area contributed by atoms with Crippen LogP contribution in [0.25, 0.3) is 0 Å². The molecule has 52 valence electrons. The van der Waals surface area contributed by atoms with Crippen molar-refractivity contribution in [2.75, 3.05) is 0 Å². The molecular weight excluding hydrogens is 115 g/mol. The third kappa shape index (κ3) is 5.28. The van der Waals surface area contributed by atoms with Gasteiger partial charge in [-0.1, -0.05) is 24.3 Å². The van der Waals surface area contributed by atoms with E-state index in [0.29, 0.717) is 6.42 Å². The first-order chi connectivity index (χ1) is 4.16. The van der Waals surface area contributed by atoms with E-state index in [-0.39, 0.29) is 0 Å². The maximum atomic E-state index is 12.2. The zero-order valence-electron chi connectivity index (χ0n) is 6.02. The summed E-state index contributed by atoms with van der Waals surface area (Å²) in [6.45, 7) is 6.97. The maximum absolute atomic E-state index is 12.2. The predicted octanol–water partition coefficient (Wildman–Crippen LogP) is 2.87. The lowest BCUT2D eigenvalue weighted by atomic mass is 10.1. The van der Waals surface area contributed by atoms with Crippen LogP contribution in [0.5, 0.6) is 0 Å². The van der Waals surface area contributed by atoms with Gasteiger partial charge in [0.05, 0.1) is 0 Å². The molecule has 0 aromatic heterocycles. The van der Waals surface area contributed by atoms with E-state index in [2.05, 4.69) is 6.58 Å². The van der Waals surface area contributed by atoms with Gasteiger partial charge in [-0.15, -0.1) is 0 Å². The van der Waals surface area contributed by atoms with Crippen LogP contribution in [0.4, 0.5) is 4.39 Å². The van der Waals surface area contributed by atoms with Crippen LogP contribution in [0, 0.1) is 0 Å². The zero-order valence-corrected chi connectivity index (χ0v) is 6.02. The highest BCUT2D eigenvalue weighted by atomic mass is 19.1. The molecule has 1 heteroatoms. The lowest BCUT2D eigenvalue weighted by Gasteiger charge is -1.98. The summed E-state index contributed by atoms with van der Waals surface area (Å²) in [4.78, 5) is 0. The monoisotopic (exact) mass is 128 g/mol. The van der Waals surface area contributed by atoms with Crippen LogP contribution in [0.3, 0.4) is 0 Å². The summed E-state index contributed by atoms with van der Waals surface area (Å²) >= 11 is 0. The summed E-state index contributed by atoms with van der Waals surface area (Å²) in [6.07, 6.45) is 3.29. The average Bonchev–Trinajstić information content (AvgIpc) is 1.63. The molecule has 0 nitrogen and oxygen atoms in total. The van der Waals surface area contributed by atoms with Crippen molar-refractivity contribution < 1.29 is 4.39 Å². The van der Waals surface area contributed by atoms with E-state index < -0.39 is 6.17 Å². The molecule has 0 radical (unpaired) electrons. The molecule has 0 aromatic rings. The summed E-state index contributed by atoms with van der Waals surface area (Å²) in [5.74, 6) is 0.